The van der Waals surface area contributed by atoms with Crippen molar-refractivity contribution < 1.29 is 48.5 Å². The lowest BCUT2D eigenvalue weighted by Gasteiger charge is -2.28. The van der Waals surface area contributed by atoms with Crippen LogP contribution >= 0.6 is 0 Å². The van der Waals surface area contributed by atoms with Crippen molar-refractivity contribution in [1.29, 1.82) is 0 Å². The maximum Gasteiger partial charge on any atom is 0.335 e. The van der Waals surface area contributed by atoms with Crippen LogP contribution in [0.5, 0.6) is 0 Å². The molecular formula is C28H47N3O10. The number of carbonyl (C=O) groups excluding carboxylic acids is 5. The zero-order valence-electron chi connectivity index (χ0n) is 24.8. The van der Waals surface area contributed by atoms with E-state index < -0.39 is 59.4 Å². The number of esters is 2. The third kappa shape index (κ3) is 15.8. The Labute approximate surface area is 241 Å². The number of ether oxygens (including phenoxy) is 2. The van der Waals surface area contributed by atoms with E-state index in [4.69, 9.17) is 4.74 Å². The summed E-state index contributed by atoms with van der Waals surface area (Å²) in [5, 5.41) is 26.9. The Hall–Kier alpha value is -3.48. The first-order valence-electron chi connectivity index (χ1n) is 14.1. The zero-order chi connectivity index (χ0) is 31.4. The molecule has 0 fully saturated rings. The number of aliphatic carboxylic acids is 1. The molecule has 0 saturated carbocycles. The van der Waals surface area contributed by atoms with Gasteiger partial charge in [-0.2, -0.15) is 0 Å². The molecule has 0 heterocycles. The number of carboxylic acid groups (broad SMARTS) is 1. The molecule has 0 saturated heterocycles. The van der Waals surface area contributed by atoms with Crippen molar-refractivity contribution >= 4 is 35.6 Å². The average molecular weight is 586 g/mol. The predicted octanol–water partition coefficient (Wildman–Crippen LogP) is 1.51. The number of amides is 3. The minimum absolute atomic E-state index is 0.161. The summed E-state index contributed by atoms with van der Waals surface area (Å²) in [4.78, 5) is 73.4. The molecule has 0 aromatic rings. The van der Waals surface area contributed by atoms with Crippen molar-refractivity contribution in [1.82, 2.24) is 16.0 Å². The van der Waals surface area contributed by atoms with Gasteiger partial charge in [0, 0.05) is 19.3 Å². The van der Waals surface area contributed by atoms with Gasteiger partial charge in [-0.05, 0) is 33.1 Å². The van der Waals surface area contributed by atoms with Gasteiger partial charge < -0.3 is 35.6 Å². The van der Waals surface area contributed by atoms with Gasteiger partial charge in [-0.15, -0.1) is 0 Å². The molecule has 0 unspecified atom stereocenters. The summed E-state index contributed by atoms with van der Waals surface area (Å²) in [7, 11) is 1.15. The molecule has 4 atom stereocenters. The molecule has 41 heavy (non-hydrogen) atoms. The highest BCUT2D eigenvalue weighted by Gasteiger charge is 2.35. The fraction of sp³-hybridized carbons (Fsp3) is 0.714. The largest absolute Gasteiger partial charge is 0.480 e. The molecule has 0 rings (SSSR count). The molecule has 0 aliphatic heterocycles. The van der Waals surface area contributed by atoms with Gasteiger partial charge in [0.1, 0.15) is 17.6 Å². The smallest absolute Gasteiger partial charge is 0.335 e. The number of carboxylic acids is 1. The van der Waals surface area contributed by atoms with Crippen LogP contribution in [-0.4, -0.2) is 83.3 Å². The minimum atomic E-state index is -1.76. The molecule has 0 spiro atoms. The first-order valence-corrected chi connectivity index (χ1v) is 14.1. The number of unbranched alkanes of at least 4 members (excludes halogenated alkanes) is 4. The van der Waals surface area contributed by atoms with Crippen LogP contribution in [0.2, 0.25) is 0 Å². The van der Waals surface area contributed by atoms with Crippen LogP contribution in [0.15, 0.2) is 12.2 Å². The van der Waals surface area contributed by atoms with Crippen LogP contribution < -0.4 is 16.0 Å². The van der Waals surface area contributed by atoms with E-state index in [1.807, 2.05) is 13.8 Å². The van der Waals surface area contributed by atoms with Crippen LogP contribution in [0.3, 0.4) is 0 Å². The van der Waals surface area contributed by atoms with Gasteiger partial charge in [-0.25, -0.2) is 14.4 Å². The molecule has 0 aromatic heterocycles. The monoisotopic (exact) mass is 585 g/mol. The van der Waals surface area contributed by atoms with Gasteiger partial charge >= 0.3 is 17.9 Å². The molecule has 3 amide bonds. The van der Waals surface area contributed by atoms with Crippen molar-refractivity contribution in [2.75, 3.05) is 13.7 Å². The molecule has 13 heteroatoms. The van der Waals surface area contributed by atoms with Gasteiger partial charge in [-0.1, -0.05) is 51.7 Å². The van der Waals surface area contributed by atoms with E-state index in [9.17, 15) is 39.0 Å². The van der Waals surface area contributed by atoms with Crippen molar-refractivity contribution in [3.8, 4) is 0 Å². The fourth-order valence-corrected chi connectivity index (χ4v) is 3.56. The summed E-state index contributed by atoms with van der Waals surface area (Å²) in [6, 6.07) is -2.36. The Morgan fingerprint density at radius 3 is 2.15 bits per heavy atom. The van der Waals surface area contributed by atoms with Gasteiger partial charge in [0.05, 0.1) is 13.7 Å². The summed E-state index contributed by atoms with van der Waals surface area (Å²) in [6.07, 6.45) is 5.33. The molecule has 13 nitrogen and oxygen atoms in total. The topological polar surface area (TPSA) is 197 Å². The van der Waals surface area contributed by atoms with Crippen molar-refractivity contribution in [2.45, 2.75) is 116 Å². The number of methoxy groups -OCH3 is 1. The van der Waals surface area contributed by atoms with Crippen molar-refractivity contribution in [2.24, 2.45) is 0 Å². The van der Waals surface area contributed by atoms with E-state index in [1.165, 1.54) is 26.0 Å². The van der Waals surface area contributed by atoms with E-state index in [1.54, 1.807) is 0 Å². The first-order chi connectivity index (χ1) is 19.3. The number of nitrogens with one attached hydrogen (secondary N) is 3. The van der Waals surface area contributed by atoms with E-state index in [2.05, 4.69) is 20.7 Å². The number of carbonyl (C=O) groups is 6. The van der Waals surface area contributed by atoms with Gasteiger partial charge in [0.2, 0.25) is 17.7 Å². The number of aliphatic hydroxyl groups is 1. The molecule has 0 aliphatic rings. The Morgan fingerprint density at radius 1 is 0.902 bits per heavy atom. The maximum atomic E-state index is 13.1. The third-order valence-corrected chi connectivity index (χ3v) is 6.15. The van der Waals surface area contributed by atoms with Crippen LogP contribution in [-0.2, 0) is 38.2 Å². The predicted molar refractivity (Wildman–Crippen MR) is 149 cm³/mol. The number of hydrogen-bond donors (Lipinski definition) is 5. The second-order valence-electron chi connectivity index (χ2n) is 9.95. The van der Waals surface area contributed by atoms with Crippen LogP contribution in [0.1, 0.15) is 91.9 Å². The molecule has 5 N–H and O–H groups in total. The highest BCUT2D eigenvalue weighted by molar-refractivity contribution is 5.95. The fourth-order valence-electron chi connectivity index (χ4n) is 3.56. The second kappa shape index (κ2) is 20.4. The molecular weight excluding hydrogens is 538 g/mol. The van der Waals surface area contributed by atoms with E-state index in [-0.39, 0.29) is 32.3 Å². The Balaban J connectivity index is 5.43. The Kier molecular flexibility index (Phi) is 18.7. The standard InChI is InChI=1S/C28H47N3O10/c1-6-8-10-11-14-22(33)30-20(24(35)36)15-16-23(34)31-28(4,27(39)29-19(3)25(37)40-5)17-12-13-21(32)26(38)41-18-9-7-2/h12,17,19-21,32H,6-11,13-16,18H2,1-5H3,(H,29,39)(H,30,33)(H,31,34)(H,35,36)/b17-12+/t19-,20-,21+,28+/m1/s1. The molecule has 234 valence electrons. The normalized spacial score (nSPS) is 14.7. The van der Waals surface area contributed by atoms with Gasteiger partial charge in [0.25, 0.3) is 0 Å². The average Bonchev–Trinajstić information content (AvgIpc) is 2.92. The number of hydrogen-bond acceptors (Lipinski definition) is 9. The summed E-state index contributed by atoms with van der Waals surface area (Å²) < 4.78 is 9.57. The Bertz CT molecular complexity index is 908. The number of aliphatic hydroxyl groups excluding tert-OH is 1. The highest BCUT2D eigenvalue weighted by atomic mass is 16.5. The lowest BCUT2D eigenvalue weighted by Crippen LogP contribution is -2.58. The quantitative estimate of drug-likeness (QED) is 0.0748. The van der Waals surface area contributed by atoms with Crippen LogP contribution in [0.25, 0.3) is 0 Å². The van der Waals surface area contributed by atoms with Gasteiger partial charge in [0.15, 0.2) is 6.10 Å². The minimum Gasteiger partial charge on any atom is -0.480 e. The second-order valence-corrected chi connectivity index (χ2v) is 9.95. The Morgan fingerprint density at radius 2 is 1.56 bits per heavy atom. The highest BCUT2D eigenvalue weighted by Crippen LogP contribution is 2.12. The molecule has 0 aliphatic carbocycles. The van der Waals surface area contributed by atoms with E-state index >= 15 is 0 Å². The van der Waals surface area contributed by atoms with Crippen LogP contribution in [0, 0.1) is 0 Å². The van der Waals surface area contributed by atoms with Crippen molar-refractivity contribution in [3.63, 3.8) is 0 Å². The summed E-state index contributed by atoms with van der Waals surface area (Å²) >= 11 is 0. The third-order valence-electron chi connectivity index (χ3n) is 6.15. The lowest BCUT2D eigenvalue weighted by atomic mass is 9.98. The van der Waals surface area contributed by atoms with E-state index in [0.29, 0.717) is 12.8 Å². The molecule has 0 aromatic carbocycles. The van der Waals surface area contributed by atoms with Gasteiger partial charge in [-0.3, -0.25) is 14.4 Å². The van der Waals surface area contributed by atoms with Crippen LogP contribution in [0.4, 0.5) is 0 Å². The zero-order valence-corrected chi connectivity index (χ0v) is 24.8. The SMILES string of the molecule is CCCCCCC(=O)N[C@H](CCC(=O)N[C@@](C)(/C=C/C[C@H](O)C(=O)OCCCC)C(=O)N[C@H](C)C(=O)OC)C(=O)O. The summed E-state index contributed by atoms with van der Waals surface area (Å²) in [5.74, 6) is -4.78. The number of rotatable bonds is 21. The van der Waals surface area contributed by atoms with E-state index in [0.717, 1.165) is 32.8 Å². The lowest BCUT2D eigenvalue weighted by molar-refractivity contribution is -0.153. The van der Waals surface area contributed by atoms with Crippen molar-refractivity contribution in [3.05, 3.63) is 12.2 Å². The maximum absolute atomic E-state index is 13.1. The molecule has 0 bridgehead atoms. The summed E-state index contributed by atoms with van der Waals surface area (Å²) in [5.41, 5.74) is -1.76. The summed E-state index contributed by atoms with van der Waals surface area (Å²) in [6.45, 7) is 6.83. The first kappa shape index (κ1) is 37.5. The molecule has 0 radical (unpaired) electrons.